The van der Waals surface area contributed by atoms with Crippen molar-refractivity contribution in [2.24, 2.45) is 4.99 Å². The number of hydrogen-bond acceptors (Lipinski definition) is 6. The highest BCUT2D eigenvalue weighted by molar-refractivity contribution is 7.71. The first-order valence-corrected chi connectivity index (χ1v) is 11.4. The summed E-state index contributed by atoms with van der Waals surface area (Å²) in [4.78, 5) is 17.9. The summed E-state index contributed by atoms with van der Waals surface area (Å²) in [7, 11) is 3.15. The molecule has 0 spiro atoms. The van der Waals surface area contributed by atoms with Gasteiger partial charge in [0.15, 0.2) is 4.77 Å². The van der Waals surface area contributed by atoms with Crippen molar-refractivity contribution < 1.29 is 14.6 Å². The van der Waals surface area contributed by atoms with Gasteiger partial charge in [-0.3, -0.25) is 18.9 Å². The Hall–Kier alpha value is -4.17. The van der Waals surface area contributed by atoms with Crippen molar-refractivity contribution in [3.63, 3.8) is 0 Å². The lowest BCUT2D eigenvalue weighted by atomic mass is 10.1. The fourth-order valence-corrected chi connectivity index (χ4v) is 4.02. The van der Waals surface area contributed by atoms with E-state index in [1.165, 1.54) is 15.3 Å². The van der Waals surface area contributed by atoms with Gasteiger partial charge in [-0.15, -0.1) is 0 Å². The molecule has 8 heteroatoms. The van der Waals surface area contributed by atoms with Crippen molar-refractivity contribution in [1.82, 2.24) is 9.13 Å². The summed E-state index contributed by atoms with van der Waals surface area (Å²) in [5, 5.41) is 11.1. The highest BCUT2D eigenvalue weighted by Gasteiger charge is 2.18. The van der Waals surface area contributed by atoms with Gasteiger partial charge in [-0.2, -0.15) is 0 Å². The molecule has 178 valence electrons. The summed E-state index contributed by atoms with van der Waals surface area (Å²) < 4.78 is 13.4. The number of benzene rings is 3. The number of nitrogens with zero attached hydrogens (tertiary/aromatic N) is 3. The van der Waals surface area contributed by atoms with Gasteiger partial charge in [0, 0.05) is 12.8 Å². The Morgan fingerprint density at radius 3 is 1.94 bits per heavy atom. The van der Waals surface area contributed by atoms with E-state index in [0.29, 0.717) is 35.8 Å². The van der Waals surface area contributed by atoms with E-state index in [2.05, 4.69) is 4.99 Å². The van der Waals surface area contributed by atoms with Crippen LogP contribution in [0.25, 0.3) is 11.4 Å². The molecule has 0 fully saturated rings. The Balaban J connectivity index is 1.82. The predicted octanol–water partition coefficient (Wildman–Crippen LogP) is 4.74. The van der Waals surface area contributed by atoms with Crippen LogP contribution in [0.15, 0.2) is 88.6 Å². The van der Waals surface area contributed by atoms with Crippen LogP contribution in [0, 0.1) is 4.77 Å². The molecule has 1 aromatic heterocycles. The molecule has 7 nitrogen and oxygen atoms in total. The second-order valence-electron chi connectivity index (χ2n) is 7.66. The lowest BCUT2D eigenvalue weighted by Crippen LogP contribution is -2.27. The van der Waals surface area contributed by atoms with Gasteiger partial charge in [-0.1, -0.05) is 30.3 Å². The smallest absolute Gasteiger partial charge is 0.271 e. The molecule has 0 atom stereocenters. The van der Waals surface area contributed by atoms with Crippen LogP contribution in [0.3, 0.4) is 0 Å². The fourth-order valence-electron chi connectivity index (χ4n) is 3.64. The maximum atomic E-state index is 13.5. The van der Waals surface area contributed by atoms with Crippen LogP contribution in [0.4, 0.5) is 0 Å². The monoisotopic (exact) mass is 487 g/mol. The highest BCUT2D eigenvalue weighted by Crippen LogP contribution is 2.24. The molecule has 3 aromatic carbocycles. The molecule has 0 radical (unpaired) electrons. The van der Waals surface area contributed by atoms with Gasteiger partial charge in [-0.25, -0.2) is 0 Å². The maximum absolute atomic E-state index is 13.5. The molecule has 1 N–H and O–H groups in total. The maximum Gasteiger partial charge on any atom is 0.271 e. The SMILES string of the molecule is COc1ccc(-n2c(O)c(C=NCCc3ccccc3)c(=O)n(-c3ccc(OC)cc3)c2=S)cc1. The van der Waals surface area contributed by atoms with E-state index in [-0.39, 0.29) is 16.2 Å². The molecule has 0 unspecified atom stereocenters. The van der Waals surface area contributed by atoms with Crippen LogP contribution in [0.5, 0.6) is 17.4 Å². The molecule has 4 aromatic rings. The van der Waals surface area contributed by atoms with Crippen LogP contribution >= 0.6 is 12.2 Å². The van der Waals surface area contributed by atoms with Crippen LogP contribution in [-0.4, -0.2) is 41.2 Å². The van der Waals surface area contributed by atoms with Crippen LogP contribution in [0.1, 0.15) is 11.1 Å². The number of aromatic nitrogens is 2. The van der Waals surface area contributed by atoms with Crippen LogP contribution in [-0.2, 0) is 6.42 Å². The first-order valence-electron chi connectivity index (χ1n) is 11.0. The molecule has 4 rings (SSSR count). The molecule has 0 aliphatic carbocycles. The van der Waals surface area contributed by atoms with E-state index in [9.17, 15) is 9.90 Å². The molecule has 0 saturated carbocycles. The van der Waals surface area contributed by atoms with Gasteiger partial charge in [-0.05, 0) is 72.7 Å². The molecule has 0 saturated heterocycles. The third-order valence-electron chi connectivity index (χ3n) is 5.52. The van der Waals surface area contributed by atoms with Crippen LogP contribution in [0.2, 0.25) is 0 Å². The molecular formula is C27H25N3O4S. The average molecular weight is 488 g/mol. The van der Waals surface area contributed by atoms with Gasteiger partial charge in [0.2, 0.25) is 5.88 Å². The number of ether oxygens (including phenoxy) is 2. The first-order chi connectivity index (χ1) is 17.0. The molecule has 1 heterocycles. The summed E-state index contributed by atoms with van der Waals surface area (Å²) in [5.74, 6) is 1.03. The zero-order chi connectivity index (χ0) is 24.8. The van der Waals surface area contributed by atoms with E-state index >= 15 is 0 Å². The van der Waals surface area contributed by atoms with Gasteiger partial charge >= 0.3 is 0 Å². The van der Waals surface area contributed by atoms with Crippen molar-refractivity contribution in [2.45, 2.75) is 6.42 Å². The lowest BCUT2D eigenvalue weighted by Gasteiger charge is -2.17. The average Bonchev–Trinajstić information content (AvgIpc) is 2.89. The molecule has 0 aliphatic heterocycles. The first kappa shape index (κ1) is 24.0. The van der Waals surface area contributed by atoms with Crippen molar-refractivity contribution in [1.29, 1.82) is 0 Å². The minimum Gasteiger partial charge on any atom is -0.497 e. The fraction of sp³-hybridized carbons (Fsp3) is 0.148. The number of rotatable bonds is 8. The molecule has 0 aliphatic rings. The third-order valence-corrected chi connectivity index (χ3v) is 5.89. The summed E-state index contributed by atoms with van der Waals surface area (Å²) in [6.45, 7) is 0.462. The number of hydrogen-bond donors (Lipinski definition) is 1. The van der Waals surface area contributed by atoms with Crippen molar-refractivity contribution >= 4 is 18.4 Å². The standard InChI is InChI=1S/C27H25N3O4S/c1-33-22-12-8-20(9-13-22)29-25(31)24(18-28-17-16-19-6-4-3-5-7-19)26(32)30(27(29)35)21-10-14-23(34-2)15-11-21/h3-15,18,31H,16-17H2,1-2H3. The Morgan fingerprint density at radius 1 is 0.857 bits per heavy atom. The molecular weight excluding hydrogens is 462 g/mol. The Bertz CT molecular complexity index is 1440. The normalized spacial score (nSPS) is 11.0. The van der Waals surface area contributed by atoms with E-state index < -0.39 is 5.56 Å². The second kappa shape index (κ2) is 10.8. The van der Waals surface area contributed by atoms with Gasteiger partial charge < -0.3 is 14.6 Å². The van der Waals surface area contributed by atoms with Crippen LogP contribution < -0.4 is 15.0 Å². The summed E-state index contributed by atoms with van der Waals surface area (Å²) in [6.07, 6.45) is 2.12. The Morgan fingerprint density at radius 2 is 1.40 bits per heavy atom. The van der Waals surface area contributed by atoms with Gasteiger partial charge in [0.05, 0.1) is 25.6 Å². The Labute approximate surface area is 208 Å². The summed E-state index contributed by atoms with van der Waals surface area (Å²) in [6, 6.07) is 23.9. The van der Waals surface area contributed by atoms with Crippen molar-refractivity contribution in [3.8, 4) is 28.8 Å². The Kier molecular flexibility index (Phi) is 7.42. The molecule has 0 bridgehead atoms. The zero-order valence-electron chi connectivity index (χ0n) is 19.4. The largest absolute Gasteiger partial charge is 0.497 e. The molecule has 35 heavy (non-hydrogen) atoms. The number of aliphatic imine (C=N–C) groups is 1. The highest BCUT2D eigenvalue weighted by atomic mass is 32.1. The summed E-state index contributed by atoms with van der Waals surface area (Å²) in [5.41, 5.74) is 1.83. The lowest BCUT2D eigenvalue weighted by molar-refractivity contribution is 0.414. The second-order valence-corrected chi connectivity index (χ2v) is 8.03. The van der Waals surface area contributed by atoms with Crippen molar-refractivity contribution in [2.75, 3.05) is 20.8 Å². The van der Waals surface area contributed by atoms with E-state index in [0.717, 1.165) is 5.56 Å². The quantitative estimate of drug-likeness (QED) is 0.287. The number of methoxy groups -OCH3 is 2. The topological polar surface area (TPSA) is 78.0 Å². The minimum atomic E-state index is -0.467. The summed E-state index contributed by atoms with van der Waals surface area (Å²) >= 11 is 5.67. The van der Waals surface area contributed by atoms with E-state index in [1.807, 2.05) is 30.3 Å². The van der Waals surface area contributed by atoms with Gasteiger partial charge in [0.1, 0.15) is 17.1 Å². The van der Waals surface area contributed by atoms with Gasteiger partial charge in [0.25, 0.3) is 5.56 Å². The minimum absolute atomic E-state index is 0.0401. The predicted molar refractivity (Wildman–Crippen MR) is 140 cm³/mol. The van der Waals surface area contributed by atoms with E-state index in [1.54, 1.807) is 62.8 Å². The third kappa shape index (κ3) is 5.17. The van der Waals surface area contributed by atoms with Crippen molar-refractivity contribution in [3.05, 3.63) is 105 Å². The van der Waals surface area contributed by atoms with E-state index in [4.69, 9.17) is 21.7 Å². The zero-order valence-corrected chi connectivity index (χ0v) is 20.2. The molecule has 0 amide bonds. The number of aromatic hydroxyl groups is 1.